The summed E-state index contributed by atoms with van der Waals surface area (Å²) in [7, 11) is 0. The van der Waals surface area contributed by atoms with Crippen LogP contribution in [0.5, 0.6) is 0 Å². The molecule has 0 bridgehead atoms. The smallest absolute Gasteiger partial charge is 0.261 e. The van der Waals surface area contributed by atoms with Crippen LogP contribution in [0.4, 0.5) is 5.69 Å². The molecule has 0 radical (unpaired) electrons. The van der Waals surface area contributed by atoms with Crippen LogP contribution in [-0.4, -0.2) is 20.6 Å². The van der Waals surface area contributed by atoms with Crippen LogP contribution in [0, 0.1) is 6.92 Å². The van der Waals surface area contributed by atoms with Crippen LogP contribution in [0.3, 0.4) is 0 Å². The maximum atomic E-state index is 13.0. The fourth-order valence-corrected chi connectivity index (χ4v) is 3.50. The lowest BCUT2D eigenvalue weighted by Gasteiger charge is -2.08. The number of nitrogens with one attached hydrogen (secondary N) is 1. The number of carbonyl (C=O) groups is 1. The summed E-state index contributed by atoms with van der Waals surface area (Å²) >= 11 is 0. The van der Waals surface area contributed by atoms with Crippen molar-refractivity contribution in [2.24, 2.45) is 0 Å². The van der Waals surface area contributed by atoms with E-state index in [-0.39, 0.29) is 5.91 Å². The number of imidazole rings is 1. The van der Waals surface area contributed by atoms with Crippen molar-refractivity contribution >= 4 is 22.6 Å². The summed E-state index contributed by atoms with van der Waals surface area (Å²) in [5, 5.41) is 7.02. The van der Waals surface area contributed by atoms with Crippen molar-refractivity contribution in [3.63, 3.8) is 0 Å². The van der Waals surface area contributed by atoms with Gasteiger partial charge in [-0.2, -0.15) is 0 Å². The maximum absolute atomic E-state index is 13.0. The van der Waals surface area contributed by atoms with Gasteiger partial charge in [-0.1, -0.05) is 47.6 Å². The molecule has 0 aliphatic carbocycles. The van der Waals surface area contributed by atoms with E-state index < -0.39 is 0 Å². The average Bonchev–Trinajstić information content (AvgIpc) is 3.39. The number of carbonyl (C=O) groups excluding carboxylic acids is 1. The Balaban J connectivity index is 1.41. The molecule has 0 aliphatic heterocycles. The predicted molar refractivity (Wildman–Crippen MR) is 116 cm³/mol. The van der Waals surface area contributed by atoms with E-state index in [2.05, 4.69) is 15.5 Å². The monoisotopic (exact) mass is 394 g/mol. The van der Waals surface area contributed by atoms with Crippen LogP contribution in [0.1, 0.15) is 16.1 Å². The minimum Gasteiger partial charge on any atom is -0.360 e. The van der Waals surface area contributed by atoms with Crippen molar-refractivity contribution in [1.82, 2.24) is 14.7 Å². The van der Waals surface area contributed by atoms with Crippen molar-refractivity contribution in [1.29, 1.82) is 0 Å². The highest BCUT2D eigenvalue weighted by Gasteiger charge is 2.21. The normalized spacial score (nSPS) is 11.0. The summed E-state index contributed by atoms with van der Waals surface area (Å²) in [6.07, 6.45) is 1.80. The lowest BCUT2D eigenvalue weighted by Crippen LogP contribution is -2.13. The molecule has 2 aromatic heterocycles. The van der Waals surface area contributed by atoms with Gasteiger partial charge in [-0.15, -0.1) is 0 Å². The Morgan fingerprint density at radius 2 is 1.67 bits per heavy atom. The third-order valence-electron chi connectivity index (χ3n) is 4.99. The number of nitrogens with zero attached hydrogens (tertiary/aromatic N) is 3. The van der Waals surface area contributed by atoms with E-state index in [9.17, 15) is 4.79 Å². The van der Waals surface area contributed by atoms with Gasteiger partial charge in [0.25, 0.3) is 5.91 Å². The van der Waals surface area contributed by atoms with E-state index in [1.807, 2.05) is 83.4 Å². The van der Waals surface area contributed by atoms with Gasteiger partial charge in [0.15, 0.2) is 0 Å². The van der Waals surface area contributed by atoms with Crippen molar-refractivity contribution in [3.05, 3.63) is 96.5 Å². The predicted octanol–water partition coefficient (Wildman–Crippen LogP) is 5.24. The van der Waals surface area contributed by atoms with Gasteiger partial charge in [0.1, 0.15) is 23.3 Å². The average molecular weight is 394 g/mol. The fourth-order valence-electron chi connectivity index (χ4n) is 3.50. The molecule has 30 heavy (non-hydrogen) atoms. The second-order valence-electron chi connectivity index (χ2n) is 6.93. The summed E-state index contributed by atoms with van der Waals surface area (Å²) in [6, 6.07) is 25.1. The molecule has 2 heterocycles. The lowest BCUT2D eigenvalue weighted by molar-refractivity contribution is 0.102. The van der Waals surface area contributed by atoms with Gasteiger partial charge < -0.3 is 9.84 Å². The van der Waals surface area contributed by atoms with Crippen molar-refractivity contribution in [3.8, 4) is 16.9 Å². The quantitative estimate of drug-likeness (QED) is 0.452. The Morgan fingerprint density at radius 3 is 2.47 bits per heavy atom. The van der Waals surface area contributed by atoms with Crippen LogP contribution >= 0.6 is 0 Å². The van der Waals surface area contributed by atoms with E-state index in [0.717, 1.165) is 22.3 Å². The first kappa shape index (κ1) is 17.9. The number of hydrogen-bond acceptors (Lipinski definition) is 4. The number of hydrogen-bond donors (Lipinski definition) is 1. The maximum Gasteiger partial charge on any atom is 0.261 e. The Bertz CT molecular complexity index is 1330. The molecule has 0 spiro atoms. The Hall–Kier alpha value is -4.19. The summed E-state index contributed by atoms with van der Waals surface area (Å²) in [5.74, 6) is 0.223. The van der Waals surface area contributed by atoms with Crippen molar-refractivity contribution in [2.45, 2.75) is 6.92 Å². The van der Waals surface area contributed by atoms with Crippen molar-refractivity contribution < 1.29 is 9.32 Å². The van der Waals surface area contributed by atoms with Gasteiger partial charge in [-0.25, -0.2) is 4.98 Å². The molecule has 3 aromatic carbocycles. The number of aryl methyl sites for hydroxylation is 1. The van der Waals surface area contributed by atoms with Crippen LogP contribution in [0.25, 0.3) is 28.0 Å². The molecular weight excluding hydrogens is 376 g/mol. The Labute approximate surface area is 172 Å². The first-order chi connectivity index (χ1) is 14.7. The number of para-hydroxylation sites is 2. The zero-order chi connectivity index (χ0) is 20.5. The molecule has 0 aliphatic rings. The number of benzene rings is 3. The van der Waals surface area contributed by atoms with Gasteiger partial charge in [0.05, 0.1) is 11.0 Å². The fraction of sp³-hybridized carbons (Fsp3) is 0.0417. The van der Waals surface area contributed by atoms with E-state index in [4.69, 9.17) is 4.52 Å². The summed E-state index contributed by atoms with van der Waals surface area (Å²) in [4.78, 5) is 17.4. The first-order valence-electron chi connectivity index (χ1n) is 9.56. The van der Waals surface area contributed by atoms with Gasteiger partial charge in [-0.05, 0) is 43.3 Å². The number of aromatic nitrogens is 3. The molecule has 0 fully saturated rings. The number of rotatable bonds is 4. The van der Waals surface area contributed by atoms with E-state index in [0.29, 0.717) is 22.7 Å². The number of fused-ring (bicyclic) bond motifs is 1. The van der Waals surface area contributed by atoms with Gasteiger partial charge in [-0.3, -0.25) is 9.36 Å². The Kier molecular flexibility index (Phi) is 4.37. The minimum atomic E-state index is -0.256. The summed E-state index contributed by atoms with van der Waals surface area (Å²) in [5.41, 5.74) is 5.42. The summed E-state index contributed by atoms with van der Waals surface area (Å²) < 4.78 is 7.31. The van der Waals surface area contributed by atoms with Crippen LogP contribution in [-0.2, 0) is 0 Å². The molecule has 0 saturated heterocycles. The van der Waals surface area contributed by atoms with Gasteiger partial charge >= 0.3 is 0 Å². The number of amides is 1. The molecular formula is C24H18N4O2. The zero-order valence-corrected chi connectivity index (χ0v) is 16.2. The van der Waals surface area contributed by atoms with E-state index in [1.165, 1.54) is 0 Å². The number of anilines is 1. The van der Waals surface area contributed by atoms with E-state index in [1.54, 1.807) is 13.3 Å². The van der Waals surface area contributed by atoms with Crippen LogP contribution in [0.2, 0.25) is 0 Å². The molecule has 5 rings (SSSR count). The molecule has 6 nitrogen and oxygen atoms in total. The molecule has 0 saturated carbocycles. The molecule has 0 unspecified atom stereocenters. The first-order valence-corrected chi connectivity index (χ1v) is 9.56. The van der Waals surface area contributed by atoms with E-state index >= 15 is 0 Å². The zero-order valence-electron chi connectivity index (χ0n) is 16.2. The highest BCUT2D eigenvalue weighted by Crippen LogP contribution is 2.26. The standard InChI is InChI=1S/C24H18N4O2/c1-16-22(23(27-30-16)17-7-3-2-4-8-17)24(29)26-18-11-13-19(14-12-18)28-15-25-20-9-5-6-10-21(20)28/h2-15H,1H3,(H,26,29). The molecule has 5 aromatic rings. The van der Waals surface area contributed by atoms with Crippen molar-refractivity contribution in [2.75, 3.05) is 5.32 Å². The molecule has 146 valence electrons. The molecule has 1 amide bonds. The third-order valence-corrected chi connectivity index (χ3v) is 4.99. The summed E-state index contributed by atoms with van der Waals surface area (Å²) in [6.45, 7) is 1.74. The Morgan fingerprint density at radius 1 is 0.933 bits per heavy atom. The van der Waals surface area contributed by atoms with Gasteiger partial charge in [0, 0.05) is 16.9 Å². The highest BCUT2D eigenvalue weighted by molar-refractivity contribution is 6.08. The van der Waals surface area contributed by atoms with Gasteiger partial charge in [0.2, 0.25) is 0 Å². The second kappa shape index (κ2) is 7.33. The largest absolute Gasteiger partial charge is 0.360 e. The molecule has 1 N–H and O–H groups in total. The van der Waals surface area contributed by atoms with Crippen LogP contribution in [0.15, 0.2) is 89.7 Å². The third kappa shape index (κ3) is 3.14. The SMILES string of the molecule is Cc1onc(-c2ccccc2)c1C(=O)Nc1ccc(-n2cnc3ccccc32)cc1. The topological polar surface area (TPSA) is 73.0 Å². The van der Waals surface area contributed by atoms with Crippen LogP contribution < -0.4 is 5.32 Å². The second-order valence-corrected chi connectivity index (χ2v) is 6.93. The molecule has 6 heteroatoms. The highest BCUT2D eigenvalue weighted by atomic mass is 16.5. The molecule has 0 atom stereocenters. The lowest BCUT2D eigenvalue weighted by atomic mass is 10.1. The minimum absolute atomic E-state index is 0.256.